The van der Waals surface area contributed by atoms with Gasteiger partial charge >= 0.3 is 0 Å². The van der Waals surface area contributed by atoms with Gasteiger partial charge in [-0.3, -0.25) is 19.3 Å². The van der Waals surface area contributed by atoms with Gasteiger partial charge in [0.1, 0.15) is 5.75 Å². The molecule has 2 aliphatic rings. The summed E-state index contributed by atoms with van der Waals surface area (Å²) >= 11 is 0. The highest BCUT2D eigenvalue weighted by molar-refractivity contribution is 6.10. The van der Waals surface area contributed by atoms with Crippen molar-refractivity contribution in [3.05, 3.63) is 90.0 Å². The molecule has 2 aliphatic heterocycles. The van der Waals surface area contributed by atoms with Gasteiger partial charge in [-0.05, 0) is 35.6 Å². The van der Waals surface area contributed by atoms with Gasteiger partial charge in [0.2, 0.25) is 17.7 Å². The molecule has 0 saturated carbocycles. The molecule has 3 amide bonds. The number of benzene rings is 3. The van der Waals surface area contributed by atoms with E-state index in [4.69, 9.17) is 4.74 Å². The summed E-state index contributed by atoms with van der Waals surface area (Å²) in [4.78, 5) is 43.0. The van der Waals surface area contributed by atoms with Crippen molar-refractivity contribution >= 4 is 17.7 Å². The van der Waals surface area contributed by atoms with Gasteiger partial charge in [0, 0.05) is 32.0 Å². The number of rotatable bonds is 6. The van der Waals surface area contributed by atoms with Gasteiger partial charge in [-0.25, -0.2) is 0 Å². The minimum Gasteiger partial charge on any atom is -0.496 e. The fraction of sp³-hybridized carbons (Fsp3) is 0.300. The first-order valence-electron chi connectivity index (χ1n) is 12.3. The van der Waals surface area contributed by atoms with Crippen LogP contribution in [0, 0.1) is 0 Å². The number of methoxy groups -OCH3 is 1. The zero-order valence-electron chi connectivity index (χ0n) is 20.6. The van der Waals surface area contributed by atoms with E-state index in [-0.39, 0.29) is 36.6 Å². The van der Waals surface area contributed by atoms with Crippen LogP contribution in [0.1, 0.15) is 42.9 Å². The second-order valence-corrected chi connectivity index (χ2v) is 9.62. The predicted molar refractivity (Wildman–Crippen MR) is 137 cm³/mol. The zero-order valence-corrected chi connectivity index (χ0v) is 20.6. The molecule has 0 aliphatic carbocycles. The number of ether oxygens (including phenoxy) is 1. The molecule has 2 atom stereocenters. The first kappa shape index (κ1) is 23.8. The Kier molecular flexibility index (Phi) is 6.35. The molecule has 5 rings (SSSR count). The molecule has 36 heavy (non-hydrogen) atoms. The molecule has 0 aromatic heterocycles. The molecule has 2 saturated heterocycles. The van der Waals surface area contributed by atoms with E-state index < -0.39 is 5.41 Å². The van der Waals surface area contributed by atoms with Crippen LogP contribution in [-0.4, -0.2) is 48.2 Å². The molecule has 0 radical (unpaired) electrons. The van der Waals surface area contributed by atoms with E-state index in [0.29, 0.717) is 12.1 Å². The van der Waals surface area contributed by atoms with E-state index in [1.807, 2.05) is 83.8 Å². The van der Waals surface area contributed by atoms with Crippen molar-refractivity contribution in [2.75, 3.05) is 20.7 Å². The largest absolute Gasteiger partial charge is 0.496 e. The van der Waals surface area contributed by atoms with Crippen molar-refractivity contribution in [3.63, 3.8) is 0 Å². The van der Waals surface area contributed by atoms with E-state index in [0.717, 1.165) is 35.3 Å². The van der Waals surface area contributed by atoms with Gasteiger partial charge in [0.25, 0.3) is 0 Å². The Labute approximate surface area is 211 Å². The van der Waals surface area contributed by atoms with Gasteiger partial charge in [0.05, 0.1) is 18.6 Å². The normalized spacial score (nSPS) is 21.8. The number of imide groups is 1. The third-order valence-electron chi connectivity index (χ3n) is 7.61. The van der Waals surface area contributed by atoms with Crippen molar-refractivity contribution in [3.8, 4) is 16.9 Å². The topological polar surface area (TPSA) is 66.9 Å². The van der Waals surface area contributed by atoms with Crippen LogP contribution in [0.3, 0.4) is 0 Å². The predicted octanol–water partition coefficient (Wildman–Crippen LogP) is 4.74. The molecular formula is C30H30N2O4. The average Bonchev–Trinajstić information content (AvgIpc) is 3.49. The van der Waals surface area contributed by atoms with E-state index in [1.165, 1.54) is 11.9 Å². The molecule has 6 nitrogen and oxygen atoms in total. The smallest absolute Gasteiger partial charge is 0.240 e. The van der Waals surface area contributed by atoms with Crippen molar-refractivity contribution < 1.29 is 19.1 Å². The maximum atomic E-state index is 13.8. The molecule has 0 bridgehead atoms. The van der Waals surface area contributed by atoms with E-state index >= 15 is 0 Å². The number of likely N-dealkylation sites (N-methyl/N-ethyl adjacent to an activating group) is 1. The number of carbonyl (C=O) groups is 3. The lowest BCUT2D eigenvalue weighted by Gasteiger charge is -2.32. The first-order valence-corrected chi connectivity index (χ1v) is 12.3. The molecule has 3 aromatic rings. The Bertz CT molecular complexity index is 1290. The lowest BCUT2D eigenvalue weighted by Crippen LogP contribution is -2.42. The van der Waals surface area contributed by atoms with Crippen LogP contribution >= 0.6 is 0 Å². The summed E-state index contributed by atoms with van der Waals surface area (Å²) in [5, 5.41) is 0. The Morgan fingerprint density at radius 3 is 2.28 bits per heavy atom. The Morgan fingerprint density at radius 1 is 0.944 bits per heavy atom. The Balaban J connectivity index is 1.47. The zero-order chi connectivity index (χ0) is 25.3. The summed E-state index contributed by atoms with van der Waals surface area (Å²) in [6, 6.07) is 25.3. The highest BCUT2D eigenvalue weighted by atomic mass is 16.5. The van der Waals surface area contributed by atoms with Gasteiger partial charge in [-0.15, -0.1) is 0 Å². The van der Waals surface area contributed by atoms with Gasteiger partial charge in [-0.2, -0.15) is 0 Å². The number of likely N-dealkylation sites (tertiary alicyclic amines) is 2. The van der Waals surface area contributed by atoms with Crippen LogP contribution in [0.4, 0.5) is 0 Å². The van der Waals surface area contributed by atoms with E-state index in [9.17, 15) is 14.4 Å². The van der Waals surface area contributed by atoms with E-state index in [1.54, 1.807) is 7.11 Å². The summed E-state index contributed by atoms with van der Waals surface area (Å²) in [7, 11) is 3.13. The third kappa shape index (κ3) is 4.06. The minimum atomic E-state index is -1.20. The SMILES string of the molecule is COc1ccccc1[C@@H]1CCCN1C(=O)C[C@@]1(c2ccc(-c3ccccc3)cc2)CC(=O)N(C)C1=O. The highest BCUT2D eigenvalue weighted by Gasteiger charge is 2.53. The second kappa shape index (κ2) is 9.61. The minimum absolute atomic E-state index is 0.00801. The standard InChI is InChI=1S/C30H30N2O4/c1-31-27(33)19-30(29(31)35,23-16-14-22(15-17-23)21-9-4-3-5-10-21)20-28(34)32-18-8-12-25(32)24-11-6-7-13-26(24)36-2/h3-7,9-11,13-17,25H,8,12,18-20H2,1-2H3/t25-,30+/m0/s1. The number of nitrogens with zero attached hydrogens (tertiary/aromatic N) is 2. The van der Waals surface area contributed by atoms with Crippen LogP contribution in [0.15, 0.2) is 78.9 Å². The summed E-state index contributed by atoms with van der Waals surface area (Å²) < 4.78 is 5.56. The third-order valence-corrected chi connectivity index (χ3v) is 7.61. The Hall–Kier alpha value is -3.93. The van der Waals surface area contributed by atoms with Crippen LogP contribution in [0.5, 0.6) is 5.75 Å². The van der Waals surface area contributed by atoms with E-state index in [2.05, 4.69) is 0 Å². The lowest BCUT2D eigenvalue weighted by molar-refractivity contribution is -0.141. The second-order valence-electron chi connectivity index (χ2n) is 9.62. The molecule has 184 valence electrons. The van der Waals surface area contributed by atoms with Crippen molar-refractivity contribution in [1.29, 1.82) is 0 Å². The maximum Gasteiger partial charge on any atom is 0.240 e. The highest BCUT2D eigenvalue weighted by Crippen LogP contribution is 2.43. The van der Waals surface area contributed by atoms with Crippen molar-refractivity contribution in [1.82, 2.24) is 9.80 Å². The van der Waals surface area contributed by atoms with Crippen LogP contribution in [-0.2, 0) is 19.8 Å². The molecular weight excluding hydrogens is 452 g/mol. The molecule has 0 spiro atoms. The van der Waals surface area contributed by atoms with Crippen molar-refractivity contribution in [2.45, 2.75) is 37.1 Å². The molecule has 0 unspecified atom stereocenters. The van der Waals surface area contributed by atoms with Crippen LogP contribution in [0.25, 0.3) is 11.1 Å². The Morgan fingerprint density at radius 2 is 1.61 bits per heavy atom. The number of carbonyl (C=O) groups excluding carboxylic acids is 3. The summed E-state index contributed by atoms with van der Waals surface area (Å²) in [6.45, 7) is 0.614. The van der Waals surface area contributed by atoms with Crippen LogP contribution in [0.2, 0.25) is 0 Å². The monoisotopic (exact) mass is 482 g/mol. The fourth-order valence-electron chi connectivity index (χ4n) is 5.65. The van der Waals surface area contributed by atoms with Gasteiger partial charge in [0.15, 0.2) is 0 Å². The molecule has 3 aromatic carbocycles. The van der Waals surface area contributed by atoms with Crippen molar-refractivity contribution in [2.24, 2.45) is 0 Å². The average molecular weight is 483 g/mol. The number of hydrogen-bond donors (Lipinski definition) is 0. The quantitative estimate of drug-likeness (QED) is 0.476. The fourth-order valence-corrected chi connectivity index (χ4v) is 5.65. The lowest BCUT2D eigenvalue weighted by atomic mass is 9.75. The summed E-state index contributed by atoms with van der Waals surface area (Å²) in [5.41, 5.74) is 2.55. The molecule has 2 fully saturated rings. The maximum absolute atomic E-state index is 13.8. The number of amides is 3. The summed E-state index contributed by atoms with van der Waals surface area (Å²) in [5.74, 6) is 0.0521. The molecule has 2 heterocycles. The van der Waals surface area contributed by atoms with Gasteiger partial charge in [-0.1, -0.05) is 72.8 Å². The molecule has 0 N–H and O–H groups in total. The number of hydrogen-bond acceptors (Lipinski definition) is 4. The number of para-hydroxylation sites is 1. The molecule has 6 heteroatoms. The summed E-state index contributed by atoms with van der Waals surface area (Å²) in [6.07, 6.45) is 1.65. The van der Waals surface area contributed by atoms with Gasteiger partial charge < -0.3 is 9.64 Å². The van der Waals surface area contributed by atoms with Crippen LogP contribution < -0.4 is 4.74 Å². The first-order chi connectivity index (χ1) is 17.4.